The van der Waals surface area contributed by atoms with Crippen LogP contribution in [0.25, 0.3) is 22.4 Å². The molecule has 0 aliphatic rings. The normalized spacial score (nSPS) is 10.8. The van der Waals surface area contributed by atoms with Gasteiger partial charge in [0.05, 0.1) is 16.5 Å². The van der Waals surface area contributed by atoms with Crippen LogP contribution >= 0.6 is 0 Å². The first-order chi connectivity index (χ1) is 9.15. The molecule has 0 atom stereocenters. The van der Waals surface area contributed by atoms with Crippen LogP contribution in [0.5, 0.6) is 0 Å². The van der Waals surface area contributed by atoms with E-state index < -0.39 is 5.63 Å². The summed E-state index contributed by atoms with van der Waals surface area (Å²) in [6.45, 7) is 1.92. The van der Waals surface area contributed by atoms with Gasteiger partial charge in [-0.25, -0.2) is 9.78 Å². The minimum absolute atomic E-state index is 0.249. The Hall–Kier alpha value is -2.62. The smallest absolute Gasteiger partial charge is 0.347 e. The van der Waals surface area contributed by atoms with Crippen molar-refractivity contribution in [3.8, 4) is 11.5 Å². The Balaban J connectivity index is 2.31. The molecule has 3 aromatic rings. The van der Waals surface area contributed by atoms with Gasteiger partial charge >= 0.3 is 5.63 Å². The molecule has 0 aliphatic carbocycles. The van der Waals surface area contributed by atoms with Crippen LogP contribution in [0.1, 0.15) is 5.56 Å². The number of benzene rings is 2. The van der Waals surface area contributed by atoms with Gasteiger partial charge in [-0.3, -0.25) is 0 Å². The van der Waals surface area contributed by atoms with Crippen molar-refractivity contribution in [2.24, 2.45) is 0 Å². The summed E-state index contributed by atoms with van der Waals surface area (Å²) >= 11 is 0. The number of fused-ring (bicyclic) bond motifs is 1. The van der Waals surface area contributed by atoms with Crippen molar-refractivity contribution >= 4 is 16.6 Å². The maximum Gasteiger partial charge on any atom is 0.347 e. The van der Waals surface area contributed by atoms with Crippen molar-refractivity contribution in [1.82, 2.24) is 4.98 Å². The quantitative estimate of drug-likeness (QED) is 0.676. The van der Waals surface area contributed by atoms with E-state index in [4.69, 9.17) is 10.2 Å². The van der Waals surface area contributed by atoms with E-state index in [0.29, 0.717) is 22.2 Å². The topological polar surface area (TPSA) is 69.1 Å². The Kier molecular flexibility index (Phi) is 2.56. The Bertz CT molecular complexity index is 822. The molecule has 4 nitrogen and oxygen atoms in total. The maximum absolute atomic E-state index is 12.0. The standard InChI is InChI=1S/C15H12N2O2/c1-9-6-7-13-11(8-9)15(18)19-14(17-13)10-4-2-3-5-12(10)16/h2-8H,16H2,1H3. The van der Waals surface area contributed by atoms with Gasteiger partial charge in [-0.05, 0) is 31.2 Å². The molecule has 3 rings (SSSR count). The van der Waals surface area contributed by atoms with Gasteiger partial charge in [-0.2, -0.15) is 0 Å². The number of aromatic nitrogens is 1. The largest absolute Gasteiger partial charge is 0.403 e. The molecule has 0 aliphatic heterocycles. The van der Waals surface area contributed by atoms with E-state index in [0.717, 1.165) is 5.56 Å². The predicted octanol–water partition coefficient (Wildman–Crippen LogP) is 2.75. The number of nitrogen functional groups attached to an aromatic ring is 1. The average molecular weight is 252 g/mol. The molecule has 0 unspecified atom stereocenters. The summed E-state index contributed by atoms with van der Waals surface area (Å²) in [6, 6.07) is 12.7. The molecule has 0 spiro atoms. The highest BCUT2D eigenvalue weighted by Gasteiger charge is 2.10. The Morgan fingerprint density at radius 1 is 1.16 bits per heavy atom. The summed E-state index contributed by atoms with van der Waals surface area (Å²) in [5.74, 6) is 0.249. The number of rotatable bonds is 1. The Labute approximate surface area is 109 Å². The lowest BCUT2D eigenvalue weighted by atomic mass is 10.1. The van der Waals surface area contributed by atoms with Crippen LogP contribution in [0.2, 0.25) is 0 Å². The number of anilines is 1. The van der Waals surface area contributed by atoms with Gasteiger partial charge < -0.3 is 10.2 Å². The first-order valence-corrected chi connectivity index (χ1v) is 5.91. The van der Waals surface area contributed by atoms with Crippen LogP contribution < -0.4 is 11.4 Å². The van der Waals surface area contributed by atoms with Crippen molar-refractivity contribution in [2.45, 2.75) is 6.92 Å². The molecule has 0 saturated heterocycles. The predicted molar refractivity (Wildman–Crippen MR) is 74.9 cm³/mol. The van der Waals surface area contributed by atoms with Crippen LogP contribution in [-0.2, 0) is 0 Å². The van der Waals surface area contributed by atoms with E-state index in [1.165, 1.54) is 0 Å². The summed E-state index contributed by atoms with van der Waals surface area (Å²) in [5, 5.41) is 0.484. The molecule has 1 heterocycles. The van der Waals surface area contributed by atoms with Crippen molar-refractivity contribution in [2.75, 3.05) is 5.73 Å². The van der Waals surface area contributed by atoms with E-state index in [2.05, 4.69) is 4.98 Å². The van der Waals surface area contributed by atoms with Gasteiger partial charge in [-0.15, -0.1) is 0 Å². The lowest BCUT2D eigenvalue weighted by molar-refractivity contribution is 0.518. The van der Waals surface area contributed by atoms with E-state index >= 15 is 0 Å². The van der Waals surface area contributed by atoms with E-state index in [-0.39, 0.29) is 5.89 Å². The van der Waals surface area contributed by atoms with Gasteiger partial charge in [0.15, 0.2) is 0 Å². The fourth-order valence-electron chi connectivity index (χ4n) is 1.99. The van der Waals surface area contributed by atoms with Gasteiger partial charge in [0.1, 0.15) is 0 Å². The first kappa shape index (κ1) is 11.5. The van der Waals surface area contributed by atoms with Gasteiger partial charge in [-0.1, -0.05) is 23.8 Å². The second kappa shape index (κ2) is 4.24. The summed E-state index contributed by atoms with van der Waals surface area (Å²) < 4.78 is 5.27. The first-order valence-electron chi connectivity index (χ1n) is 5.91. The summed E-state index contributed by atoms with van der Waals surface area (Å²) in [5.41, 5.74) is 8.24. The lowest BCUT2D eigenvalue weighted by Gasteiger charge is -2.04. The molecule has 2 aromatic carbocycles. The Morgan fingerprint density at radius 3 is 2.74 bits per heavy atom. The third-order valence-corrected chi connectivity index (χ3v) is 2.97. The van der Waals surface area contributed by atoms with Crippen molar-refractivity contribution in [1.29, 1.82) is 0 Å². The minimum atomic E-state index is -0.396. The molecule has 2 N–H and O–H groups in total. The van der Waals surface area contributed by atoms with E-state index in [1.807, 2.05) is 31.2 Å². The number of hydrogen-bond donors (Lipinski definition) is 1. The molecule has 0 saturated carbocycles. The summed E-state index contributed by atoms with van der Waals surface area (Å²) in [7, 11) is 0. The molecule has 4 heteroatoms. The van der Waals surface area contributed by atoms with Crippen LogP contribution in [0.15, 0.2) is 51.7 Å². The van der Waals surface area contributed by atoms with Crippen molar-refractivity contribution in [3.63, 3.8) is 0 Å². The third-order valence-electron chi connectivity index (χ3n) is 2.97. The zero-order chi connectivity index (χ0) is 13.4. The molecular weight excluding hydrogens is 240 g/mol. The maximum atomic E-state index is 12.0. The fourth-order valence-corrected chi connectivity index (χ4v) is 1.99. The van der Waals surface area contributed by atoms with Gasteiger partial charge in [0.25, 0.3) is 0 Å². The Morgan fingerprint density at radius 2 is 1.95 bits per heavy atom. The SMILES string of the molecule is Cc1ccc2nc(-c3ccccc3N)oc(=O)c2c1. The van der Waals surface area contributed by atoms with E-state index in [9.17, 15) is 4.79 Å². The second-order valence-electron chi connectivity index (χ2n) is 4.41. The van der Waals surface area contributed by atoms with Crippen molar-refractivity contribution < 1.29 is 4.42 Å². The monoisotopic (exact) mass is 252 g/mol. The number of aryl methyl sites for hydroxylation is 1. The van der Waals surface area contributed by atoms with Crippen LogP contribution in [0.4, 0.5) is 5.69 Å². The number of para-hydroxylation sites is 1. The molecule has 0 fully saturated rings. The zero-order valence-corrected chi connectivity index (χ0v) is 10.4. The van der Waals surface area contributed by atoms with E-state index in [1.54, 1.807) is 18.2 Å². The number of nitrogens with two attached hydrogens (primary N) is 1. The molecule has 19 heavy (non-hydrogen) atoms. The highest BCUT2D eigenvalue weighted by atomic mass is 16.4. The highest BCUT2D eigenvalue weighted by Crippen LogP contribution is 2.24. The number of nitrogens with zero attached hydrogens (tertiary/aromatic N) is 1. The molecule has 0 radical (unpaired) electrons. The van der Waals surface area contributed by atoms with Crippen LogP contribution in [0.3, 0.4) is 0 Å². The van der Waals surface area contributed by atoms with Crippen LogP contribution in [-0.4, -0.2) is 4.98 Å². The molecule has 94 valence electrons. The van der Waals surface area contributed by atoms with Gasteiger partial charge in [0, 0.05) is 5.69 Å². The van der Waals surface area contributed by atoms with Gasteiger partial charge in [0.2, 0.25) is 5.89 Å². The number of hydrogen-bond acceptors (Lipinski definition) is 4. The molecule has 0 amide bonds. The third kappa shape index (κ3) is 1.97. The fraction of sp³-hybridized carbons (Fsp3) is 0.0667. The average Bonchev–Trinajstić information content (AvgIpc) is 2.40. The van der Waals surface area contributed by atoms with Crippen LogP contribution in [0, 0.1) is 6.92 Å². The zero-order valence-electron chi connectivity index (χ0n) is 10.4. The second-order valence-corrected chi connectivity index (χ2v) is 4.41. The lowest BCUT2D eigenvalue weighted by Crippen LogP contribution is -2.04. The molecule has 0 bridgehead atoms. The highest BCUT2D eigenvalue weighted by molar-refractivity contribution is 5.80. The van der Waals surface area contributed by atoms with Crippen molar-refractivity contribution in [3.05, 3.63) is 58.4 Å². The summed E-state index contributed by atoms with van der Waals surface area (Å²) in [6.07, 6.45) is 0. The molecular formula is C15H12N2O2. The molecule has 1 aromatic heterocycles. The minimum Gasteiger partial charge on any atom is -0.403 e. The summed E-state index contributed by atoms with van der Waals surface area (Å²) in [4.78, 5) is 16.4.